The molecule has 0 bridgehead atoms. The highest BCUT2D eigenvalue weighted by Crippen LogP contribution is 2.21. The topological polar surface area (TPSA) is 69.0 Å². The summed E-state index contributed by atoms with van der Waals surface area (Å²) in [6.07, 6.45) is 1.00. The molecule has 0 radical (unpaired) electrons. The van der Waals surface area contributed by atoms with Gasteiger partial charge in [-0.2, -0.15) is 0 Å². The Labute approximate surface area is 194 Å². The number of hydrogen-bond acceptors (Lipinski definition) is 5. The van der Waals surface area contributed by atoms with E-state index in [1.165, 1.54) is 17.3 Å². The van der Waals surface area contributed by atoms with E-state index in [0.717, 1.165) is 35.3 Å². The maximum Gasteiger partial charge on any atom is 0.230 e. The lowest BCUT2D eigenvalue weighted by Crippen LogP contribution is -2.28. The standard InChI is InChI=1S/C25H32N4O2S/c1-18(2)14-15-29-23(16-31-21-11-6-5-7-12-21)27-28-25(29)32-17-24(30)26-20(4)22-13-9-8-10-19(22)3/h5-13,18,20H,14-17H2,1-4H3,(H,26,30). The number of carbonyl (C=O) groups excluding carboxylic acids is 1. The Morgan fingerprint density at radius 1 is 1.06 bits per heavy atom. The molecule has 0 saturated carbocycles. The van der Waals surface area contributed by atoms with Gasteiger partial charge < -0.3 is 14.6 Å². The zero-order valence-electron chi connectivity index (χ0n) is 19.2. The minimum Gasteiger partial charge on any atom is -0.486 e. The lowest BCUT2D eigenvalue weighted by Gasteiger charge is -2.16. The van der Waals surface area contributed by atoms with Crippen LogP contribution in [0.5, 0.6) is 5.75 Å². The Bertz CT molecular complexity index is 1000. The fraction of sp³-hybridized carbons (Fsp3) is 0.400. The fourth-order valence-corrected chi connectivity index (χ4v) is 4.17. The zero-order chi connectivity index (χ0) is 22.9. The molecule has 2 aromatic carbocycles. The number of benzene rings is 2. The molecule has 0 aliphatic carbocycles. The van der Waals surface area contributed by atoms with Crippen LogP contribution in [0.2, 0.25) is 0 Å². The molecule has 3 rings (SSSR count). The first-order valence-electron chi connectivity index (χ1n) is 11.0. The van der Waals surface area contributed by atoms with Gasteiger partial charge in [-0.3, -0.25) is 4.79 Å². The van der Waals surface area contributed by atoms with Crippen molar-refractivity contribution in [2.75, 3.05) is 5.75 Å². The quantitative estimate of drug-likeness (QED) is 0.406. The lowest BCUT2D eigenvalue weighted by molar-refractivity contribution is -0.119. The molecule has 6 nitrogen and oxygen atoms in total. The van der Waals surface area contributed by atoms with E-state index < -0.39 is 0 Å². The summed E-state index contributed by atoms with van der Waals surface area (Å²) in [6.45, 7) is 9.58. The van der Waals surface area contributed by atoms with Crippen LogP contribution >= 0.6 is 11.8 Å². The van der Waals surface area contributed by atoms with Crippen LogP contribution in [0, 0.1) is 12.8 Å². The van der Waals surface area contributed by atoms with Crippen LogP contribution in [-0.4, -0.2) is 26.4 Å². The summed E-state index contributed by atoms with van der Waals surface area (Å²) < 4.78 is 7.95. The largest absolute Gasteiger partial charge is 0.486 e. The number of nitrogens with zero attached hydrogens (tertiary/aromatic N) is 3. The van der Waals surface area contributed by atoms with Gasteiger partial charge in [0.1, 0.15) is 12.4 Å². The Balaban J connectivity index is 1.62. The summed E-state index contributed by atoms with van der Waals surface area (Å²) in [5, 5.41) is 12.5. The van der Waals surface area contributed by atoms with Gasteiger partial charge >= 0.3 is 0 Å². The predicted octanol–water partition coefficient (Wildman–Crippen LogP) is 5.18. The number of aromatic nitrogens is 3. The molecule has 0 aliphatic heterocycles. The van der Waals surface area contributed by atoms with Crippen LogP contribution in [0.25, 0.3) is 0 Å². The molecule has 170 valence electrons. The minimum atomic E-state index is -0.0436. The molecular weight excluding hydrogens is 420 g/mol. The third-order valence-electron chi connectivity index (χ3n) is 5.20. The maximum absolute atomic E-state index is 12.6. The van der Waals surface area contributed by atoms with Gasteiger partial charge in [-0.25, -0.2) is 0 Å². The molecule has 0 aliphatic rings. The van der Waals surface area contributed by atoms with E-state index in [2.05, 4.69) is 53.0 Å². The molecule has 32 heavy (non-hydrogen) atoms. The Hall–Kier alpha value is -2.80. The number of ether oxygens (including phenoxy) is 1. The summed E-state index contributed by atoms with van der Waals surface area (Å²) >= 11 is 1.41. The van der Waals surface area contributed by atoms with Crippen molar-refractivity contribution < 1.29 is 9.53 Å². The number of thioether (sulfide) groups is 1. The molecule has 1 unspecified atom stereocenters. The Morgan fingerprint density at radius 3 is 2.50 bits per heavy atom. The summed E-state index contributed by atoms with van der Waals surface area (Å²) in [5.41, 5.74) is 2.30. The van der Waals surface area contributed by atoms with Crippen molar-refractivity contribution in [1.82, 2.24) is 20.1 Å². The van der Waals surface area contributed by atoms with E-state index in [9.17, 15) is 4.79 Å². The predicted molar refractivity (Wildman–Crippen MR) is 129 cm³/mol. The smallest absolute Gasteiger partial charge is 0.230 e. The van der Waals surface area contributed by atoms with Gasteiger partial charge in [0.05, 0.1) is 11.8 Å². The molecule has 1 amide bonds. The number of aryl methyl sites for hydroxylation is 1. The van der Waals surface area contributed by atoms with Crippen LogP contribution in [-0.2, 0) is 17.9 Å². The first kappa shape index (κ1) is 23.9. The third-order valence-corrected chi connectivity index (χ3v) is 6.17. The van der Waals surface area contributed by atoms with Gasteiger partial charge in [0, 0.05) is 6.54 Å². The van der Waals surface area contributed by atoms with Crippen molar-refractivity contribution in [3.63, 3.8) is 0 Å². The highest BCUT2D eigenvalue weighted by Gasteiger charge is 2.17. The number of rotatable bonds is 11. The number of nitrogens with one attached hydrogen (secondary N) is 1. The molecule has 1 aromatic heterocycles. The molecule has 1 heterocycles. The normalized spacial score (nSPS) is 12.0. The monoisotopic (exact) mass is 452 g/mol. The average Bonchev–Trinajstić information content (AvgIpc) is 3.17. The fourth-order valence-electron chi connectivity index (χ4n) is 3.37. The number of carbonyl (C=O) groups is 1. The van der Waals surface area contributed by atoms with Crippen molar-refractivity contribution in [1.29, 1.82) is 0 Å². The number of para-hydroxylation sites is 1. The molecule has 0 fully saturated rings. The average molecular weight is 453 g/mol. The second kappa shape index (κ2) is 11.7. The van der Waals surface area contributed by atoms with Crippen LogP contribution in [0.4, 0.5) is 0 Å². The molecule has 0 spiro atoms. The van der Waals surface area contributed by atoms with E-state index >= 15 is 0 Å². The summed E-state index contributed by atoms with van der Waals surface area (Å²) in [6, 6.07) is 17.7. The van der Waals surface area contributed by atoms with Gasteiger partial charge in [0.2, 0.25) is 5.91 Å². The molecule has 7 heteroatoms. The SMILES string of the molecule is Cc1ccccc1C(C)NC(=O)CSc1nnc(COc2ccccc2)n1CCC(C)C. The van der Waals surface area contributed by atoms with E-state index in [-0.39, 0.29) is 17.7 Å². The van der Waals surface area contributed by atoms with E-state index in [0.29, 0.717) is 12.5 Å². The second-order valence-electron chi connectivity index (χ2n) is 8.27. The van der Waals surface area contributed by atoms with E-state index in [4.69, 9.17) is 4.74 Å². The van der Waals surface area contributed by atoms with Crippen LogP contribution in [0.15, 0.2) is 59.8 Å². The van der Waals surface area contributed by atoms with Crippen LogP contribution in [0.3, 0.4) is 0 Å². The van der Waals surface area contributed by atoms with Crippen molar-refractivity contribution in [3.05, 3.63) is 71.5 Å². The van der Waals surface area contributed by atoms with Crippen molar-refractivity contribution in [2.45, 2.75) is 58.5 Å². The van der Waals surface area contributed by atoms with Crippen molar-refractivity contribution >= 4 is 17.7 Å². The number of hydrogen-bond donors (Lipinski definition) is 1. The van der Waals surface area contributed by atoms with Crippen LogP contribution < -0.4 is 10.1 Å². The van der Waals surface area contributed by atoms with Crippen molar-refractivity contribution in [3.8, 4) is 5.75 Å². The van der Waals surface area contributed by atoms with E-state index in [1.807, 2.05) is 49.4 Å². The van der Waals surface area contributed by atoms with Gasteiger partial charge in [0.15, 0.2) is 11.0 Å². The van der Waals surface area contributed by atoms with Gasteiger partial charge in [-0.1, -0.05) is 68.1 Å². The molecule has 1 N–H and O–H groups in total. The molecule has 1 atom stereocenters. The maximum atomic E-state index is 12.6. The van der Waals surface area contributed by atoms with Crippen molar-refractivity contribution in [2.24, 2.45) is 5.92 Å². The molecule has 3 aromatic rings. The van der Waals surface area contributed by atoms with Crippen LogP contribution in [0.1, 0.15) is 50.2 Å². The molecule has 0 saturated heterocycles. The summed E-state index contributed by atoms with van der Waals surface area (Å²) in [7, 11) is 0. The highest BCUT2D eigenvalue weighted by molar-refractivity contribution is 7.99. The van der Waals surface area contributed by atoms with Gasteiger partial charge in [0.25, 0.3) is 0 Å². The zero-order valence-corrected chi connectivity index (χ0v) is 20.1. The molecular formula is C25H32N4O2S. The minimum absolute atomic E-state index is 0.0220. The lowest BCUT2D eigenvalue weighted by atomic mass is 10.0. The number of amides is 1. The summed E-state index contributed by atoms with van der Waals surface area (Å²) in [5.74, 6) is 2.38. The Kier molecular flexibility index (Phi) is 8.73. The van der Waals surface area contributed by atoms with Gasteiger partial charge in [-0.05, 0) is 49.4 Å². The summed E-state index contributed by atoms with van der Waals surface area (Å²) in [4.78, 5) is 12.6. The first-order valence-corrected chi connectivity index (χ1v) is 12.0. The van der Waals surface area contributed by atoms with Gasteiger partial charge in [-0.15, -0.1) is 10.2 Å². The van der Waals surface area contributed by atoms with E-state index in [1.54, 1.807) is 0 Å². The first-order chi connectivity index (χ1) is 15.4. The third kappa shape index (κ3) is 6.85. The Morgan fingerprint density at radius 2 is 1.78 bits per heavy atom. The second-order valence-corrected chi connectivity index (χ2v) is 9.21. The highest BCUT2D eigenvalue weighted by atomic mass is 32.2.